The second-order valence-electron chi connectivity index (χ2n) is 3.47. The van der Waals surface area contributed by atoms with Crippen LogP contribution in [0.4, 0.5) is 5.69 Å². The lowest BCUT2D eigenvalue weighted by molar-refractivity contribution is -0.696. The van der Waals surface area contributed by atoms with Gasteiger partial charge in [-0.3, -0.25) is 0 Å². The van der Waals surface area contributed by atoms with Crippen molar-refractivity contribution < 1.29 is 21.5 Å². The fourth-order valence-corrected chi connectivity index (χ4v) is 1.66. The van der Waals surface area contributed by atoms with Gasteiger partial charge in [0.15, 0.2) is 12.4 Å². The van der Waals surface area contributed by atoms with E-state index in [-0.39, 0.29) is 17.0 Å². The van der Waals surface area contributed by atoms with Crippen LogP contribution in [-0.2, 0) is 6.54 Å². The van der Waals surface area contributed by atoms with Gasteiger partial charge in [0, 0.05) is 37.3 Å². The predicted molar refractivity (Wildman–Crippen MR) is 60.5 cm³/mol. The van der Waals surface area contributed by atoms with Crippen molar-refractivity contribution >= 4 is 5.69 Å². The molecule has 0 N–H and O–H groups in total. The maximum Gasteiger partial charge on any atom is 0.170 e. The molecule has 0 saturated carbocycles. The van der Waals surface area contributed by atoms with Crippen LogP contribution in [0.15, 0.2) is 24.5 Å². The molecule has 0 aliphatic carbocycles. The van der Waals surface area contributed by atoms with Gasteiger partial charge in [-0.15, -0.1) is 0 Å². The number of hydrogen-bond acceptors (Lipinski definition) is 1. The molecule has 0 atom stereocenters. The van der Waals surface area contributed by atoms with Gasteiger partial charge >= 0.3 is 0 Å². The fourth-order valence-electron chi connectivity index (χ4n) is 1.66. The molecule has 1 rings (SSSR count). The molecule has 1 heterocycles. The number of nitrogens with zero attached hydrogens (tertiary/aromatic N) is 2. The van der Waals surface area contributed by atoms with Crippen molar-refractivity contribution in [2.24, 2.45) is 0 Å². The van der Waals surface area contributed by atoms with Gasteiger partial charge in [-0.1, -0.05) is 6.92 Å². The molecule has 1 aromatic heterocycles. The van der Waals surface area contributed by atoms with Crippen LogP contribution in [0.5, 0.6) is 0 Å². The molecule has 15 heavy (non-hydrogen) atoms. The summed E-state index contributed by atoms with van der Waals surface area (Å²) >= 11 is 0. The minimum absolute atomic E-state index is 0. The topological polar surface area (TPSA) is 7.12 Å². The Bertz CT molecular complexity index is 255. The van der Waals surface area contributed by atoms with Crippen molar-refractivity contribution in [3.05, 3.63) is 24.5 Å². The van der Waals surface area contributed by atoms with Crippen LogP contribution in [-0.4, -0.2) is 13.1 Å². The zero-order valence-corrected chi connectivity index (χ0v) is 11.5. The zero-order chi connectivity index (χ0) is 10.4. The van der Waals surface area contributed by atoms with E-state index < -0.39 is 0 Å². The molecule has 0 bridgehead atoms. The summed E-state index contributed by atoms with van der Waals surface area (Å²) in [6.07, 6.45) is 5.52. The molecule has 0 amide bonds. The van der Waals surface area contributed by atoms with E-state index in [4.69, 9.17) is 0 Å². The Kier molecular flexibility index (Phi) is 7.39. The summed E-state index contributed by atoms with van der Waals surface area (Å²) in [6.45, 7) is 9.85. The van der Waals surface area contributed by atoms with E-state index >= 15 is 0 Å². The van der Waals surface area contributed by atoms with Crippen LogP contribution in [0.3, 0.4) is 0 Å². The number of pyridine rings is 1. The van der Waals surface area contributed by atoms with E-state index in [1.54, 1.807) is 0 Å². The normalized spacial score (nSPS) is 9.53. The van der Waals surface area contributed by atoms with Crippen molar-refractivity contribution in [2.75, 3.05) is 18.0 Å². The van der Waals surface area contributed by atoms with Crippen LogP contribution >= 0.6 is 0 Å². The van der Waals surface area contributed by atoms with E-state index in [9.17, 15) is 0 Å². The first-order chi connectivity index (χ1) is 6.81. The molecular formula is C12H21BrN2. The number of hydrogen-bond donors (Lipinski definition) is 0. The standard InChI is InChI=1S/C12H21N2.BrH/c1-4-9-13-10-7-12(8-11-13)14(5-2)6-3;/h7-8,10-11H,4-6,9H2,1-3H3;1H/q+1;/p-1. The highest BCUT2D eigenvalue weighted by molar-refractivity contribution is 5.43. The highest BCUT2D eigenvalue weighted by Gasteiger charge is 2.03. The highest BCUT2D eigenvalue weighted by atomic mass is 79.9. The second-order valence-corrected chi connectivity index (χ2v) is 3.47. The molecule has 0 aliphatic heterocycles. The summed E-state index contributed by atoms with van der Waals surface area (Å²) in [5.41, 5.74) is 1.32. The van der Waals surface area contributed by atoms with Gasteiger partial charge in [0.2, 0.25) is 0 Å². The van der Waals surface area contributed by atoms with E-state index in [1.165, 1.54) is 12.1 Å². The largest absolute Gasteiger partial charge is 1.00 e. The van der Waals surface area contributed by atoms with Crippen molar-refractivity contribution in [3.8, 4) is 0 Å². The quantitative estimate of drug-likeness (QED) is 0.639. The number of aromatic nitrogens is 1. The van der Waals surface area contributed by atoms with E-state index in [0.29, 0.717) is 0 Å². The third kappa shape index (κ3) is 4.20. The Morgan fingerprint density at radius 3 is 2.00 bits per heavy atom. The van der Waals surface area contributed by atoms with Crippen molar-refractivity contribution in [3.63, 3.8) is 0 Å². The Morgan fingerprint density at radius 1 is 1.07 bits per heavy atom. The van der Waals surface area contributed by atoms with Crippen LogP contribution < -0.4 is 26.4 Å². The maximum atomic E-state index is 2.36. The van der Waals surface area contributed by atoms with Gasteiger partial charge in [0.25, 0.3) is 0 Å². The monoisotopic (exact) mass is 272 g/mol. The minimum Gasteiger partial charge on any atom is -1.00 e. The number of aryl methyl sites for hydroxylation is 1. The van der Waals surface area contributed by atoms with Crippen LogP contribution in [0.25, 0.3) is 0 Å². The van der Waals surface area contributed by atoms with Gasteiger partial charge < -0.3 is 21.9 Å². The molecule has 0 radical (unpaired) electrons. The van der Waals surface area contributed by atoms with Crippen molar-refractivity contribution in [2.45, 2.75) is 33.7 Å². The lowest BCUT2D eigenvalue weighted by atomic mass is 10.3. The Hall–Kier alpha value is -0.570. The minimum atomic E-state index is 0. The van der Waals surface area contributed by atoms with E-state index in [0.717, 1.165) is 19.6 Å². The molecule has 0 aliphatic rings. The van der Waals surface area contributed by atoms with Gasteiger partial charge in [0.05, 0.1) is 0 Å². The number of rotatable bonds is 5. The van der Waals surface area contributed by atoms with Gasteiger partial charge in [-0.2, -0.15) is 0 Å². The van der Waals surface area contributed by atoms with E-state index in [1.807, 2.05) is 0 Å². The maximum absolute atomic E-state index is 2.36. The Labute approximate surface area is 104 Å². The van der Waals surface area contributed by atoms with E-state index in [2.05, 4.69) is 54.8 Å². The molecule has 86 valence electrons. The summed E-state index contributed by atoms with van der Waals surface area (Å²) in [4.78, 5) is 2.36. The molecule has 0 aromatic carbocycles. The summed E-state index contributed by atoms with van der Waals surface area (Å²) in [5, 5.41) is 0. The zero-order valence-electron chi connectivity index (χ0n) is 9.91. The first-order valence-corrected chi connectivity index (χ1v) is 5.55. The summed E-state index contributed by atoms with van der Waals surface area (Å²) in [7, 11) is 0. The molecular weight excluding hydrogens is 252 g/mol. The lowest BCUT2D eigenvalue weighted by Crippen LogP contribution is -3.00. The third-order valence-electron chi connectivity index (χ3n) is 2.48. The van der Waals surface area contributed by atoms with Crippen LogP contribution in [0.2, 0.25) is 0 Å². The fraction of sp³-hybridized carbons (Fsp3) is 0.583. The molecule has 0 saturated heterocycles. The van der Waals surface area contributed by atoms with Gasteiger partial charge in [-0.25, -0.2) is 4.57 Å². The average Bonchev–Trinajstić information content (AvgIpc) is 2.23. The Morgan fingerprint density at radius 2 is 1.60 bits per heavy atom. The van der Waals surface area contributed by atoms with Crippen molar-refractivity contribution in [1.82, 2.24) is 0 Å². The Balaban J connectivity index is 0.00000196. The first-order valence-electron chi connectivity index (χ1n) is 5.55. The lowest BCUT2D eigenvalue weighted by Gasteiger charge is -2.19. The molecule has 0 spiro atoms. The smallest absolute Gasteiger partial charge is 0.170 e. The van der Waals surface area contributed by atoms with Gasteiger partial charge in [-0.05, 0) is 13.8 Å². The van der Waals surface area contributed by atoms with Gasteiger partial charge in [0.1, 0.15) is 6.54 Å². The van der Waals surface area contributed by atoms with Crippen molar-refractivity contribution in [1.29, 1.82) is 0 Å². The highest BCUT2D eigenvalue weighted by Crippen LogP contribution is 2.09. The molecule has 3 heteroatoms. The second kappa shape index (κ2) is 7.69. The van der Waals surface area contributed by atoms with Crippen LogP contribution in [0.1, 0.15) is 27.2 Å². The predicted octanol–water partition coefficient (Wildman–Crippen LogP) is -0.766. The SMILES string of the molecule is CCC[n+]1ccc(N(CC)CC)cc1.[Br-]. The molecule has 1 aromatic rings. The average molecular weight is 273 g/mol. The number of halogens is 1. The third-order valence-corrected chi connectivity index (χ3v) is 2.48. The summed E-state index contributed by atoms with van der Waals surface area (Å²) in [5.74, 6) is 0. The summed E-state index contributed by atoms with van der Waals surface area (Å²) < 4.78 is 2.23. The molecule has 2 nitrogen and oxygen atoms in total. The first kappa shape index (κ1) is 14.4. The molecule has 0 unspecified atom stereocenters. The number of anilines is 1. The van der Waals surface area contributed by atoms with Crippen LogP contribution in [0, 0.1) is 0 Å². The summed E-state index contributed by atoms with van der Waals surface area (Å²) in [6, 6.07) is 4.39. The molecule has 0 fully saturated rings.